The van der Waals surface area contributed by atoms with Gasteiger partial charge in [-0.05, 0) is 24.7 Å². The lowest BCUT2D eigenvalue weighted by molar-refractivity contribution is 0.413. The summed E-state index contributed by atoms with van der Waals surface area (Å²) in [5, 5.41) is 6.51. The minimum absolute atomic E-state index is 0.820. The Kier molecular flexibility index (Phi) is 4.48. The van der Waals surface area contributed by atoms with Gasteiger partial charge in [-0.3, -0.25) is 4.40 Å². The number of aromatic nitrogens is 2. The minimum Gasteiger partial charge on any atom is -0.497 e. The molecule has 0 fully saturated rings. The fourth-order valence-electron chi connectivity index (χ4n) is 2.07. The van der Waals surface area contributed by atoms with Crippen LogP contribution in [-0.2, 0) is 6.54 Å². The van der Waals surface area contributed by atoms with E-state index in [1.807, 2.05) is 18.2 Å². The van der Waals surface area contributed by atoms with Crippen molar-refractivity contribution in [3.63, 3.8) is 0 Å². The van der Waals surface area contributed by atoms with Crippen LogP contribution in [0.4, 0.5) is 0 Å². The third-order valence-corrected chi connectivity index (χ3v) is 4.89. The topological polar surface area (TPSA) is 38.6 Å². The van der Waals surface area contributed by atoms with Gasteiger partial charge >= 0.3 is 0 Å². The maximum atomic E-state index is 5.28. The zero-order valence-electron chi connectivity index (χ0n) is 12.0. The van der Waals surface area contributed by atoms with Crippen LogP contribution in [0.2, 0.25) is 0 Å². The van der Waals surface area contributed by atoms with Gasteiger partial charge in [-0.2, -0.15) is 0 Å². The Morgan fingerprint density at radius 1 is 1.43 bits per heavy atom. The predicted molar refractivity (Wildman–Crippen MR) is 87.6 cm³/mol. The van der Waals surface area contributed by atoms with Crippen LogP contribution in [-0.4, -0.2) is 23.0 Å². The highest BCUT2D eigenvalue weighted by Gasteiger charge is 2.14. The van der Waals surface area contributed by atoms with E-state index in [1.54, 1.807) is 30.2 Å². The number of nitrogens with zero attached hydrogens (tertiary/aromatic N) is 2. The summed E-state index contributed by atoms with van der Waals surface area (Å²) in [7, 11) is 1.69. The molecule has 2 heterocycles. The van der Waals surface area contributed by atoms with Crippen molar-refractivity contribution in [1.29, 1.82) is 0 Å². The molecule has 1 aromatic carbocycles. The average molecular weight is 319 g/mol. The molecule has 1 N–H and O–H groups in total. The molecule has 4 nitrogen and oxygen atoms in total. The van der Waals surface area contributed by atoms with Crippen LogP contribution in [0.25, 0.3) is 4.96 Å². The van der Waals surface area contributed by atoms with Gasteiger partial charge in [-0.25, -0.2) is 4.98 Å². The molecule has 0 bridgehead atoms. The fraction of sp³-hybridized carbons (Fsp3) is 0.267. The first kappa shape index (κ1) is 14.4. The van der Waals surface area contributed by atoms with E-state index in [4.69, 9.17) is 9.72 Å². The van der Waals surface area contributed by atoms with Crippen LogP contribution in [0.3, 0.4) is 0 Å². The highest BCUT2D eigenvalue weighted by Crippen LogP contribution is 2.33. The van der Waals surface area contributed by atoms with E-state index in [0.29, 0.717) is 0 Å². The highest BCUT2D eigenvalue weighted by molar-refractivity contribution is 7.99. The molecule has 3 rings (SSSR count). The molecule has 0 saturated heterocycles. The number of hydrogen-bond acceptors (Lipinski definition) is 5. The van der Waals surface area contributed by atoms with Crippen molar-refractivity contribution in [2.75, 3.05) is 13.7 Å². The van der Waals surface area contributed by atoms with Crippen molar-refractivity contribution < 1.29 is 4.74 Å². The van der Waals surface area contributed by atoms with Crippen molar-refractivity contribution in [3.05, 3.63) is 41.5 Å². The number of imidazole rings is 1. The molecule has 0 spiro atoms. The smallest absolute Gasteiger partial charge is 0.194 e. The molecule has 0 aliphatic carbocycles. The van der Waals surface area contributed by atoms with Crippen LogP contribution in [0.15, 0.2) is 45.8 Å². The summed E-state index contributed by atoms with van der Waals surface area (Å²) in [5.41, 5.74) is 1.21. The van der Waals surface area contributed by atoms with Gasteiger partial charge in [-0.15, -0.1) is 11.3 Å². The number of rotatable bonds is 6. The third-order valence-electron chi connectivity index (χ3n) is 3.12. The molecule has 6 heteroatoms. The molecule has 0 aliphatic heterocycles. The Balaban J connectivity index is 1.93. The van der Waals surface area contributed by atoms with Crippen molar-refractivity contribution in [1.82, 2.24) is 14.7 Å². The van der Waals surface area contributed by atoms with E-state index in [9.17, 15) is 0 Å². The number of thiazole rings is 1. The molecule has 0 unspecified atom stereocenters. The first-order valence-corrected chi connectivity index (χ1v) is 8.48. The Hall–Kier alpha value is -1.50. The van der Waals surface area contributed by atoms with Gasteiger partial charge in [0.15, 0.2) is 4.96 Å². The van der Waals surface area contributed by atoms with Gasteiger partial charge in [0.25, 0.3) is 0 Å². The Labute approximate surface area is 132 Å². The SMILES string of the molecule is CCNCc1c(Sc2cccc(OC)c2)nc2sccn12. The van der Waals surface area contributed by atoms with E-state index in [-0.39, 0.29) is 0 Å². The lowest BCUT2D eigenvalue weighted by Gasteiger charge is -2.06. The van der Waals surface area contributed by atoms with E-state index in [2.05, 4.69) is 34.3 Å². The van der Waals surface area contributed by atoms with Gasteiger partial charge in [0.2, 0.25) is 0 Å². The summed E-state index contributed by atoms with van der Waals surface area (Å²) in [6.45, 7) is 3.88. The molecule has 3 aromatic rings. The molecular formula is C15H17N3OS2. The van der Waals surface area contributed by atoms with Crippen molar-refractivity contribution >= 4 is 28.1 Å². The molecule has 21 heavy (non-hydrogen) atoms. The predicted octanol–water partition coefficient (Wildman–Crippen LogP) is 3.67. The summed E-state index contributed by atoms with van der Waals surface area (Å²) < 4.78 is 7.44. The summed E-state index contributed by atoms with van der Waals surface area (Å²) in [5.74, 6) is 0.870. The molecule has 0 saturated carbocycles. The van der Waals surface area contributed by atoms with Gasteiger partial charge in [-0.1, -0.05) is 24.8 Å². The normalized spacial score (nSPS) is 11.1. The molecule has 0 radical (unpaired) electrons. The van der Waals surface area contributed by atoms with E-state index in [0.717, 1.165) is 33.7 Å². The molecular weight excluding hydrogens is 302 g/mol. The van der Waals surface area contributed by atoms with Crippen LogP contribution in [0, 0.1) is 0 Å². The zero-order valence-corrected chi connectivity index (χ0v) is 13.6. The second-order valence-corrected chi connectivity index (χ2v) is 6.42. The first-order chi connectivity index (χ1) is 10.3. The van der Waals surface area contributed by atoms with Gasteiger partial charge in [0.05, 0.1) is 12.8 Å². The summed E-state index contributed by atoms with van der Waals surface area (Å²) in [6, 6.07) is 8.08. The van der Waals surface area contributed by atoms with E-state index < -0.39 is 0 Å². The van der Waals surface area contributed by atoms with Gasteiger partial charge in [0.1, 0.15) is 10.8 Å². The van der Waals surface area contributed by atoms with Crippen LogP contribution in [0.5, 0.6) is 5.75 Å². The highest BCUT2D eigenvalue weighted by atomic mass is 32.2. The molecule has 2 aromatic heterocycles. The largest absolute Gasteiger partial charge is 0.497 e. The Morgan fingerprint density at radius 3 is 3.14 bits per heavy atom. The number of benzene rings is 1. The number of ether oxygens (including phenoxy) is 1. The summed E-state index contributed by atoms with van der Waals surface area (Å²) in [6.07, 6.45) is 2.08. The minimum atomic E-state index is 0.820. The summed E-state index contributed by atoms with van der Waals surface area (Å²) in [4.78, 5) is 6.91. The third kappa shape index (κ3) is 3.07. The van der Waals surface area contributed by atoms with Gasteiger partial charge in [0, 0.05) is 23.0 Å². The van der Waals surface area contributed by atoms with E-state index >= 15 is 0 Å². The zero-order chi connectivity index (χ0) is 14.7. The number of hydrogen-bond donors (Lipinski definition) is 1. The Bertz CT molecular complexity index is 735. The second-order valence-electron chi connectivity index (χ2n) is 4.48. The van der Waals surface area contributed by atoms with Crippen LogP contribution >= 0.6 is 23.1 Å². The number of fused-ring (bicyclic) bond motifs is 1. The lowest BCUT2D eigenvalue weighted by atomic mass is 10.3. The van der Waals surface area contributed by atoms with Crippen molar-refractivity contribution in [2.45, 2.75) is 23.4 Å². The van der Waals surface area contributed by atoms with Crippen LogP contribution in [0.1, 0.15) is 12.6 Å². The Morgan fingerprint density at radius 2 is 2.33 bits per heavy atom. The maximum Gasteiger partial charge on any atom is 0.194 e. The van der Waals surface area contributed by atoms with Gasteiger partial charge < -0.3 is 10.1 Å². The molecule has 110 valence electrons. The summed E-state index contributed by atoms with van der Waals surface area (Å²) >= 11 is 3.34. The van der Waals surface area contributed by atoms with E-state index in [1.165, 1.54) is 5.69 Å². The second kappa shape index (κ2) is 6.51. The number of nitrogens with one attached hydrogen (secondary N) is 1. The quantitative estimate of drug-likeness (QED) is 0.752. The lowest BCUT2D eigenvalue weighted by Crippen LogP contribution is -2.13. The monoisotopic (exact) mass is 319 g/mol. The van der Waals surface area contributed by atoms with Crippen LogP contribution < -0.4 is 10.1 Å². The molecule has 0 aliphatic rings. The number of methoxy groups -OCH3 is 1. The fourth-order valence-corrected chi connectivity index (χ4v) is 3.83. The molecule has 0 atom stereocenters. The maximum absolute atomic E-state index is 5.28. The first-order valence-electron chi connectivity index (χ1n) is 6.79. The van der Waals surface area contributed by atoms with Crippen molar-refractivity contribution in [2.24, 2.45) is 0 Å². The van der Waals surface area contributed by atoms with Crippen molar-refractivity contribution in [3.8, 4) is 5.75 Å². The standard InChI is InChI=1S/C15H17N3OS2/c1-3-16-10-13-14(17-15-18(13)7-8-20-15)21-12-6-4-5-11(9-12)19-2/h4-9,16H,3,10H2,1-2H3. The molecule has 0 amide bonds. The average Bonchev–Trinajstić information content (AvgIpc) is 3.07.